The minimum atomic E-state index is -0.720. The molecule has 0 bridgehead atoms. The molecule has 2 rings (SSSR count). The maximum absolute atomic E-state index is 12.8. The summed E-state index contributed by atoms with van der Waals surface area (Å²) in [5, 5.41) is 9.90. The predicted molar refractivity (Wildman–Crippen MR) is 88.2 cm³/mol. The van der Waals surface area contributed by atoms with E-state index in [1.807, 2.05) is 4.90 Å². The van der Waals surface area contributed by atoms with E-state index in [9.17, 15) is 9.90 Å². The van der Waals surface area contributed by atoms with E-state index in [4.69, 9.17) is 9.47 Å². The van der Waals surface area contributed by atoms with Crippen molar-refractivity contribution < 1.29 is 19.4 Å². The lowest BCUT2D eigenvalue weighted by Crippen LogP contribution is -2.52. The summed E-state index contributed by atoms with van der Waals surface area (Å²) in [6.45, 7) is 6.98. The average Bonchev–Trinajstić information content (AvgIpc) is 2.52. The molecular formula is C17H26N2O4. The van der Waals surface area contributed by atoms with Gasteiger partial charge in [-0.3, -0.25) is 9.69 Å². The number of amides is 1. The molecule has 0 aliphatic carbocycles. The highest BCUT2D eigenvalue weighted by Gasteiger charge is 2.27. The molecule has 1 amide bonds. The Labute approximate surface area is 137 Å². The Bertz CT molecular complexity index is 546. The molecule has 0 unspecified atom stereocenters. The van der Waals surface area contributed by atoms with Crippen LogP contribution in [0.25, 0.3) is 0 Å². The van der Waals surface area contributed by atoms with E-state index >= 15 is 0 Å². The zero-order valence-electron chi connectivity index (χ0n) is 14.3. The molecule has 1 N–H and O–H groups in total. The summed E-state index contributed by atoms with van der Waals surface area (Å²) in [7, 11) is 3.09. The lowest BCUT2D eigenvalue weighted by molar-refractivity contribution is 0.0178. The number of rotatable bonds is 5. The number of carbonyl (C=O) groups excluding carboxylic acids is 1. The Morgan fingerprint density at radius 2 is 1.83 bits per heavy atom. The molecule has 0 aromatic heterocycles. The molecule has 1 saturated heterocycles. The van der Waals surface area contributed by atoms with Gasteiger partial charge in [0.1, 0.15) is 0 Å². The summed E-state index contributed by atoms with van der Waals surface area (Å²) in [5.41, 5.74) is -0.204. The first-order valence-corrected chi connectivity index (χ1v) is 7.80. The standard InChI is InChI=1S/C17H26N2O4/c1-17(2,21)12-18-8-10-19(11-9-18)16(20)13-6-5-7-14(22-3)15(13)23-4/h5-7,21H,8-12H2,1-4H3. The summed E-state index contributed by atoms with van der Waals surface area (Å²) in [6.07, 6.45) is 0. The third kappa shape index (κ3) is 4.36. The van der Waals surface area contributed by atoms with Gasteiger partial charge in [-0.1, -0.05) is 6.07 Å². The Kier molecular flexibility index (Phi) is 5.49. The van der Waals surface area contributed by atoms with Gasteiger partial charge in [-0.2, -0.15) is 0 Å². The molecular weight excluding hydrogens is 296 g/mol. The highest BCUT2D eigenvalue weighted by atomic mass is 16.5. The number of hydrogen-bond donors (Lipinski definition) is 1. The lowest BCUT2D eigenvalue weighted by Gasteiger charge is -2.37. The van der Waals surface area contributed by atoms with Gasteiger partial charge in [0.05, 0.1) is 25.4 Å². The minimum Gasteiger partial charge on any atom is -0.493 e. The fraction of sp³-hybridized carbons (Fsp3) is 0.588. The van der Waals surface area contributed by atoms with Gasteiger partial charge in [0.15, 0.2) is 11.5 Å². The van der Waals surface area contributed by atoms with E-state index in [1.54, 1.807) is 39.2 Å². The molecule has 23 heavy (non-hydrogen) atoms. The third-order valence-corrected chi connectivity index (χ3v) is 3.90. The molecule has 0 atom stereocenters. The van der Waals surface area contributed by atoms with E-state index in [1.165, 1.54) is 7.11 Å². The van der Waals surface area contributed by atoms with Crippen LogP contribution >= 0.6 is 0 Å². The lowest BCUT2D eigenvalue weighted by atomic mass is 10.1. The van der Waals surface area contributed by atoms with Crippen molar-refractivity contribution in [2.45, 2.75) is 19.4 Å². The number of para-hydroxylation sites is 1. The van der Waals surface area contributed by atoms with Gasteiger partial charge < -0.3 is 19.5 Å². The van der Waals surface area contributed by atoms with Crippen molar-refractivity contribution in [2.75, 3.05) is 46.9 Å². The quantitative estimate of drug-likeness (QED) is 0.883. The number of β-amino-alcohol motifs (C(OH)–C–C–N with tert-alkyl or cyclic N) is 1. The summed E-state index contributed by atoms with van der Waals surface area (Å²) in [6, 6.07) is 5.32. The summed E-state index contributed by atoms with van der Waals surface area (Å²) in [4.78, 5) is 16.8. The van der Waals surface area contributed by atoms with Gasteiger partial charge in [-0.05, 0) is 26.0 Å². The van der Waals surface area contributed by atoms with Gasteiger partial charge in [-0.25, -0.2) is 0 Å². The maximum atomic E-state index is 12.8. The summed E-state index contributed by atoms with van der Waals surface area (Å²) < 4.78 is 10.6. The summed E-state index contributed by atoms with van der Waals surface area (Å²) in [5.74, 6) is 0.974. The van der Waals surface area contributed by atoms with Crippen molar-refractivity contribution in [2.24, 2.45) is 0 Å². The third-order valence-electron chi connectivity index (χ3n) is 3.90. The van der Waals surface area contributed by atoms with E-state index < -0.39 is 5.60 Å². The number of methoxy groups -OCH3 is 2. The molecule has 0 radical (unpaired) electrons. The number of ether oxygens (including phenoxy) is 2. The number of nitrogens with zero attached hydrogens (tertiary/aromatic N) is 2. The fourth-order valence-electron chi connectivity index (χ4n) is 2.88. The topological polar surface area (TPSA) is 62.2 Å². The molecule has 128 valence electrons. The zero-order valence-corrected chi connectivity index (χ0v) is 14.3. The van der Waals surface area contributed by atoms with Gasteiger partial charge in [-0.15, -0.1) is 0 Å². The molecule has 1 aliphatic heterocycles. The van der Waals surface area contributed by atoms with Gasteiger partial charge in [0, 0.05) is 32.7 Å². The Balaban J connectivity index is 2.06. The van der Waals surface area contributed by atoms with E-state index in [-0.39, 0.29) is 5.91 Å². The number of aliphatic hydroxyl groups is 1. The number of benzene rings is 1. The molecule has 0 saturated carbocycles. The van der Waals surface area contributed by atoms with Crippen molar-refractivity contribution >= 4 is 5.91 Å². The van der Waals surface area contributed by atoms with Crippen LogP contribution in [0, 0.1) is 0 Å². The van der Waals surface area contributed by atoms with Crippen LogP contribution in [0.15, 0.2) is 18.2 Å². The minimum absolute atomic E-state index is 0.0522. The Morgan fingerprint density at radius 1 is 1.17 bits per heavy atom. The highest BCUT2D eigenvalue weighted by molar-refractivity contribution is 5.97. The van der Waals surface area contributed by atoms with Crippen LogP contribution < -0.4 is 9.47 Å². The molecule has 1 aromatic rings. The van der Waals surface area contributed by atoms with Gasteiger partial charge in [0.2, 0.25) is 0 Å². The van der Waals surface area contributed by atoms with Crippen molar-refractivity contribution in [3.8, 4) is 11.5 Å². The van der Waals surface area contributed by atoms with Crippen molar-refractivity contribution in [1.29, 1.82) is 0 Å². The van der Waals surface area contributed by atoms with Crippen LogP contribution in [0.2, 0.25) is 0 Å². The van der Waals surface area contributed by atoms with Crippen LogP contribution in [0.3, 0.4) is 0 Å². The van der Waals surface area contributed by atoms with Crippen LogP contribution in [0.5, 0.6) is 11.5 Å². The predicted octanol–water partition coefficient (Wildman–Crippen LogP) is 1.23. The smallest absolute Gasteiger partial charge is 0.257 e. The molecule has 0 spiro atoms. The highest BCUT2D eigenvalue weighted by Crippen LogP contribution is 2.31. The first kappa shape index (κ1) is 17.6. The first-order chi connectivity index (χ1) is 10.9. The van der Waals surface area contributed by atoms with E-state index in [2.05, 4.69) is 4.90 Å². The van der Waals surface area contributed by atoms with E-state index in [0.717, 1.165) is 13.1 Å². The second-order valence-electron chi connectivity index (χ2n) is 6.42. The van der Waals surface area contributed by atoms with Crippen molar-refractivity contribution in [3.05, 3.63) is 23.8 Å². The van der Waals surface area contributed by atoms with Crippen LogP contribution in [-0.4, -0.2) is 73.4 Å². The molecule has 1 aliphatic rings. The average molecular weight is 322 g/mol. The molecule has 1 heterocycles. The van der Waals surface area contributed by atoms with Gasteiger partial charge >= 0.3 is 0 Å². The second-order valence-corrected chi connectivity index (χ2v) is 6.42. The normalized spacial score (nSPS) is 16.3. The van der Waals surface area contributed by atoms with E-state index in [0.29, 0.717) is 36.7 Å². The second kappa shape index (κ2) is 7.19. The maximum Gasteiger partial charge on any atom is 0.257 e. The molecule has 1 fully saturated rings. The van der Waals surface area contributed by atoms with Crippen molar-refractivity contribution in [3.63, 3.8) is 0 Å². The fourth-order valence-corrected chi connectivity index (χ4v) is 2.88. The number of carbonyl (C=O) groups is 1. The zero-order chi connectivity index (χ0) is 17.0. The Hall–Kier alpha value is -1.79. The Morgan fingerprint density at radius 3 is 2.35 bits per heavy atom. The SMILES string of the molecule is COc1cccc(C(=O)N2CCN(CC(C)(C)O)CC2)c1OC. The number of piperazine rings is 1. The number of hydrogen-bond acceptors (Lipinski definition) is 5. The monoisotopic (exact) mass is 322 g/mol. The van der Waals surface area contributed by atoms with Crippen molar-refractivity contribution in [1.82, 2.24) is 9.80 Å². The molecule has 6 heteroatoms. The van der Waals surface area contributed by atoms with Crippen LogP contribution in [0.4, 0.5) is 0 Å². The summed E-state index contributed by atoms with van der Waals surface area (Å²) >= 11 is 0. The molecule has 6 nitrogen and oxygen atoms in total. The largest absolute Gasteiger partial charge is 0.493 e. The van der Waals surface area contributed by atoms with Crippen LogP contribution in [0.1, 0.15) is 24.2 Å². The van der Waals surface area contributed by atoms with Crippen LogP contribution in [-0.2, 0) is 0 Å². The van der Waals surface area contributed by atoms with Gasteiger partial charge in [0.25, 0.3) is 5.91 Å². The molecule has 1 aromatic carbocycles. The first-order valence-electron chi connectivity index (χ1n) is 7.80.